The molecule has 4 rings (SSSR count). The van der Waals surface area contributed by atoms with Crippen LogP contribution in [0.1, 0.15) is 52.9 Å². The molecular weight excluding hydrogens is 356 g/mol. The maximum atomic E-state index is 11.9. The molecule has 0 aromatic rings. The lowest BCUT2D eigenvalue weighted by Crippen LogP contribution is -2.55. The summed E-state index contributed by atoms with van der Waals surface area (Å²) < 4.78 is 5.22. The maximum absolute atomic E-state index is 11.9. The number of fused-ring (bicyclic) bond motifs is 5. The first-order valence-electron chi connectivity index (χ1n) is 10.2. The topological polar surface area (TPSA) is 80.7 Å². The van der Waals surface area contributed by atoms with Crippen LogP contribution in [0.15, 0.2) is 35.1 Å². The van der Waals surface area contributed by atoms with Crippen LogP contribution in [0.5, 0.6) is 0 Å². The molecule has 28 heavy (non-hydrogen) atoms. The van der Waals surface area contributed by atoms with Crippen molar-refractivity contribution >= 4 is 18.0 Å². The van der Waals surface area contributed by atoms with Gasteiger partial charge in [0.2, 0.25) is 0 Å². The van der Waals surface area contributed by atoms with Crippen LogP contribution in [0.3, 0.4) is 0 Å². The molecule has 0 spiro atoms. The molecule has 5 heteroatoms. The van der Waals surface area contributed by atoms with Crippen LogP contribution in [-0.4, -0.2) is 29.2 Å². The zero-order chi connectivity index (χ0) is 20.3. The smallest absolute Gasteiger partial charge is 0.308 e. The van der Waals surface area contributed by atoms with E-state index in [4.69, 9.17) is 4.74 Å². The van der Waals surface area contributed by atoms with Gasteiger partial charge in [-0.2, -0.15) is 0 Å². The second-order valence-corrected chi connectivity index (χ2v) is 9.30. The second kappa shape index (κ2) is 6.51. The molecule has 0 bridgehead atoms. The van der Waals surface area contributed by atoms with E-state index in [0.717, 1.165) is 30.4 Å². The van der Waals surface area contributed by atoms with Gasteiger partial charge in [-0.3, -0.25) is 14.4 Å². The number of aliphatic hydroxyl groups is 1. The van der Waals surface area contributed by atoms with Crippen molar-refractivity contribution in [2.75, 3.05) is 0 Å². The number of hydrogen-bond acceptors (Lipinski definition) is 5. The molecular formula is C23H28O5. The number of carbonyl (C=O) groups is 3. The summed E-state index contributed by atoms with van der Waals surface area (Å²) in [5.74, 6) is 0.357. The van der Waals surface area contributed by atoms with Gasteiger partial charge < -0.3 is 9.84 Å². The SMILES string of the molecule is CC(=O)O/C(C=O)=C1/CCC2C3CCC4=CC(=O)C=C[C@]4(C)C3[C@@H](O)C[C@]12C. The van der Waals surface area contributed by atoms with Gasteiger partial charge in [-0.25, -0.2) is 0 Å². The Morgan fingerprint density at radius 3 is 2.71 bits per heavy atom. The van der Waals surface area contributed by atoms with E-state index in [1.54, 1.807) is 12.2 Å². The van der Waals surface area contributed by atoms with Gasteiger partial charge in [0.25, 0.3) is 0 Å². The van der Waals surface area contributed by atoms with E-state index in [2.05, 4.69) is 13.8 Å². The highest BCUT2D eigenvalue weighted by Gasteiger charge is 2.60. The molecule has 0 amide bonds. The van der Waals surface area contributed by atoms with Crippen molar-refractivity contribution in [1.29, 1.82) is 0 Å². The molecule has 0 heterocycles. The van der Waals surface area contributed by atoms with Gasteiger partial charge in [-0.15, -0.1) is 0 Å². The predicted molar refractivity (Wildman–Crippen MR) is 103 cm³/mol. The first kappa shape index (κ1) is 19.3. The molecule has 3 fully saturated rings. The standard InChI is InChI=1S/C23H28O5/c1-13(25)28-20(12-24)18-7-6-17-16-5-4-14-10-15(26)8-9-22(14,2)21(16)19(27)11-23(17,18)3/h8-10,12,16-17,19,21,27H,4-7,11H2,1-3H3/b20-18-/t16?,17?,19-,21?,22-,23-/m0/s1. The van der Waals surface area contributed by atoms with Gasteiger partial charge in [0.1, 0.15) is 0 Å². The highest BCUT2D eigenvalue weighted by atomic mass is 16.5. The normalized spacial score (nSPS) is 43.4. The Labute approximate surface area is 165 Å². The van der Waals surface area contributed by atoms with Crippen LogP contribution >= 0.6 is 0 Å². The third-order valence-corrected chi connectivity index (χ3v) is 7.94. The Morgan fingerprint density at radius 2 is 2.04 bits per heavy atom. The van der Waals surface area contributed by atoms with Gasteiger partial charge >= 0.3 is 5.97 Å². The molecule has 3 saturated carbocycles. The van der Waals surface area contributed by atoms with E-state index in [1.165, 1.54) is 6.92 Å². The molecule has 0 aromatic heterocycles. The van der Waals surface area contributed by atoms with E-state index in [9.17, 15) is 19.5 Å². The van der Waals surface area contributed by atoms with Crippen molar-refractivity contribution in [2.24, 2.45) is 28.6 Å². The number of hydrogen-bond donors (Lipinski definition) is 1. The fourth-order valence-corrected chi connectivity index (χ4v) is 6.85. The summed E-state index contributed by atoms with van der Waals surface area (Å²) in [5.41, 5.74) is 1.36. The molecule has 4 aliphatic rings. The zero-order valence-electron chi connectivity index (χ0n) is 16.7. The number of rotatable bonds is 2. The number of allylic oxidation sites excluding steroid dienone is 6. The summed E-state index contributed by atoms with van der Waals surface area (Å²) in [5, 5.41) is 11.3. The molecule has 0 radical (unpaired) electrons. The van der Waals surface area contributed by atoms with Crippen molar-refractivity contribution < 1.29 is 24.2 Å². The third-order valence-electron chi connectivity index (χ3n) is 7.94. The summed E-state index contributed by atoms with van der Waals surface area (Å²) in [6.45, 7) is 5.56. The predicted octanol–water partition coefficient (Wildman–Crippen LogP) is 3.28. The lowest BCUT2D eigenvalue weighted by atomic mass is 9.47. The van der Waals surface area contributed by atoms with Crippen molar-refractivity contribution in [3.63, 3.8) is 0 Å². The average molecular weight is 384 g/mol. The third kappa shape index (κ3) is 2.66. The van der Waals surface area contributed by atoms with Crippen molar-refractivity contribution in [1.82, 2.24) is 0 Å². The van der Waals surface area contributed by atoms with Gasteiger partial charge in [0, 0.05) is 18.3 Å². The minimum Gasteiger partial charge on any atom is -0.423 e. The lowest BCUT2D eigenvalue weighted by molar-refractivity contribution is -0.139. The van der Waals surface area contributed by atoms with E-state index in [0.29, 0.717) is 31.0 Å². The number of aldehydes is 1. The van der Waals surface area contributed by atoms with Gasteiger partial charge in [0.15, 0.2) is 17.8 Å². The Kier molecular flexibility index (Phi) is 4.49. The Balaban J connectivity index is 1.74. The summed E-state index contributed by atoms with van der Waals surface area (Å²) in [6, 6.07) is 0. The number of ketones is 1. The summed E-state index contributed by atoms with van der Waals surface area (Å²) in [4.78, 5) is 34.9. The second-order valence-electron chi connectivity index (χ2n) is 9.30. The Hall–Kier alpha value is -2.01. The fourth-order valence-electron chi connectivity index (χ4n) is 6.85. The van der Waals surface area contributed by atoms with Crippen LogP contribution in [0.25, 0.3) is 0 Å². The molecule has 0 saturated heterocycles. The molecule has 1 N–H and O–H groups in total. The number of ether oxygens (including phenoxy) is 1. The quantitative estimate of drug-likeness (QED) is 0.342. The van der Waals surface area contributed by atoms with Crippen LogP contribution < -0.4 is 0 Å². The molecule has 5 nitrogen and oxygen atoms in total. The first-order valence-corrected chi connectivity index (χ1v) is 10.2. The Bertz CT molecular complexity index is 834. The van der Waals surface area contributed by atoms with Crippen LogP contribution in [0, 0.1) is 28.6 Å². The van der Waals surface area contributed by atoms with Gasteiger partial charge in [0.05, 0.1) is 6.10 Å². The number of carbonyl (C=O) groups excluding carboxylic acids is 3. The molecule has 3 unspecified atom stereocenters. The summed E-state index contributed by atoms with van der Waals surface area (Å²) >= 11 is 0. The largest absolute Gasteiger partial charge is 0.423 e. The van der Waals surface area contributed by atoms with Crippen molar-refractivity contribution in [3.05, 3.63) is 35.1 Å². The average Bonchev–Trinajstić information content (AvgIpc) is 2.96. The Morgan fingerprint density at radius 1 is 1.29 bits per heavy atom. The van der Waals surface area contributed by atoms with E-state index < -0.39 is 12.1 Å². The van der Waals surface area contributed by atoms with Crippen LogP contribution in [0.2, 0.25) is 0 Å². The van der Waals surface area contributed by atoms with E-state index in [-0.39, 0.29) is 28.3 Å². The highest BCUT2D eigenvalue weighted by Crippen LogP contribution is 2.66. The molecule has 4 aliphatic carbocycles. The van der Waals surface area contributed by atoms with Gasteiger partial charge in [-0.05, 0) is 67.1 Å². The summed E-state index contributed by atoms with van der Waals surface area (Å²) in [6.07, 6.45) is 9.45. The van der Waals surface area contributed by atoms with Crippen LogP contribution in [0.4, 0.5) is 0 Å². The van der Waals surface area contributed by atoms with E-state index in [1.807, 2.05) is 6.08 Å². The van der Waals surface area contributed by atoms with Crippen molar-refractivity contribution in [3.8, 4) is 0 Å². The minimum absolute atomic E-state index is 0.0316. The molecule has 6 atom stereocenters. The minimum atomic E-state index is -0.545. The monoisotopic (exact) mass is 384 g/mol. The van der Waals surface area contributed by atoms with Gasteiger partial charge in [-0.1, -0.05) is 25.5 Å². The van der Waals surface area contributed by atoms with E-state index >= 15 is 0 Å². The maximum Gasteiger partial charge on any atom is 0.308 e. The lowest BCUT2D eigenvalue weighted by Gasteiger charge is -2.58. The number of aliphatic hydroxyl groups excluding tert-OH is 1. The fraction of sp³-hybridized carbons (Fsp3) is 0.609. The zero-order valence-corrected chi connectivity index (χ0v) is 16.7. The molecule has 0 aliphatic heterocycles. The number of esters is 1. The van der Waals surface area contributed by atoms with Crippen LogP contribution in [-0.2, 0) is 19.1 Å². The van der Waals surface area contributed by atoms with Crippen molar-refractivity contribution in [2.45, 2.75) is 59.0 Å². The molecule has 150 valence electrons. The highest BCUT2D eigenvalue weighted by molar-refractivity contribution is 6.01. The first-order chi connectivity index (χ1) is 13.2. The molecule has 0 aromatic carbocycles. The summed E-state index contributed by atoms with van der Waals surface area (Å²) in [7, 11) is 0.